The smallest absolute Gasteiger partial charge is 0.330 e. The lowest BCUT2D eigenvalue weighted by Gasteiger charge is -2.11. The van der Waals surface area contributed by atoms with Crippen molar-refractivity contribution in [1.82, 2.24) is 9.72 Å². The van der Waals surface area contributed by atoms with Gasteiger partial charge in [-0.15, -0.1) is 0 Å². The summed E-state index contributed by atoms with van der Waals surface area (Å²) >= 11 is 1.13. The lowest BCUT2D eigenvalue weighted by molar-refractivity contribution is -0.137. The second kappa shape index (κ2) is 10.1. The molecular weight excluding hydrogens is 420 g/mol. The molecule has 31 heavy (non-hydrogen) atoms. The van der Waals surface area contributed by atoms with Crippen molar-refractivity contribution in [3.05, 3.63) is 67.6 Å². The van der Waals surface area contributed by atoms with Crippen LogP contribution in [0.5, 0.6) is 11.5 Å². The molecule has 0 aliphatic carbocycles. The van der Waals surface area contributed by atoms with E-state index in [0.29, 0.717) is 30.4 Å². The van der Waals surface area contributed by atoms with Gasteiger partial charge in [-0.2, -0.15) is 0 Å². The lowest BCUT2D eigenvalue weighted by atomic mass is 10.2. The molecule has 2 aromatic heterocycles. The van der Waals surface area contributed by atoms with Crippen molar-refractivity contribution in [3.8, 4) is 11.5 Å². The number of nitrogens with zero attached hydrogens (tertiary/aromatic N) is 2. The molecule has 0 radical (unpaired) electrons. The molecule has 1 aromatic carbocycles. The summed E-state index contributed by atoms with van der Waals surface area (Å²) in [7, 11) is 1.55. The lowest BCUT2D eigenvalue weighted by Crippen LogP contribution is -2.19. The van der Waals surface area contributed by atoms with Gasteiger partial charge in [0.1, 0.15) is 19.0 Å². The first kappa shape index (κ1) is 22.4. The highest BCUT2D eigenvalue weighted by Gasteiger charge is 2.12. The zero-order chi connectivity index (χ0) is 22.4. The van der Waals surface area contributed by atoms with Crippen molar-refractivity contribution in [2.45, 2.75) is 33.9 Å². The summed E-state index contributed by atoms with van der Waals surface area (Å²) in [6.45, 7) is 6.31. The van der Waals surface area contributed by atoms with E-state index in [9.17, 15) is 9.59 Å². The van der Waals surface area contributed by atoms with Crippen molar-refractivity contribution >= 4 is 23.4 Å². The number of hydrogen-bond donors (Lipinski definition) is 0. The van der Waals surface area contributed by atoms with Crippen LogP contribution in [0.3, 0.4) is 0 Å². The number of aryl methyl sites for hydroxylation is 3. The van der Waals surface area contributed by atoms with Crippen LogP contribution in [-0.4, -0.2) is 29.4 Å². The quantitative estimate of drug-likeness (QED) is 0.367. The van der Waals surface area contributed by atoms with Gasteiger partial charge in [0.05, 0.1) is 24.9 Å². The molecule has 0 spiro atoms. The molecule has 0 N–H and O–H groups in total. The van der Waals surface area contributed by atoms with Crippen LogP contribution in [0.2, 0.25) is 0 Å². The number of carbonyl (C=O) groups is 1. The van der Waals surface area contributed by atoms with Crippen LogP contribution in [-0.2, 0) is 22.7 Å². The third kappa shape index (κ3) is 5.64. The number of carbonyl (C=O) groups excluding carboxylic acids is 1. The van der Waals surface area contributed by atoms with Crippen LogP contribution >= 0.6 is 11.3 Å². The van der Waals surface area contributed by atoms with E-state index in [1.807, 2.05) is 26.8 Å². The molecule has 0 atom stereocenters. The standard InChI is InChI=1S/C22H24N2O6S/c1-14-13-31-22(26)24(14)9-10-28-21(25)8-6-17-5-7-19(20(11-17)27-4)29-12-18-15(2)23-30-16(18)3/h5-8,11,13H,9-10,12H2,1-4H3/b8-6+. The summed E-state index contributed by atoms with van der Waals surface area (Å²) < 4.78 is 23.2. The predicted molar refractivity (Wildman–Crippen MR) is 117 cm³/mol. The van der Waals surface area contributed by atoms with E-state index >= 15 is 0 Å². The Morgan fingerprint density at radius 3 is 2.71 bits per heavy atom. The average Bonchev–Trinajstić information content (AvgIpc) is 3.26. The number of thiazole rings is 1. The van der Waals surface area contributed by atoms with E-state index in [0.717, 1.165) is 33.9 Å². The Labute approximate surface area is 183 Å². The number of esters is 1. The summed E-state index contributed by atoms with van der Waals surface area (Å²) in [6.07, 6.45) is 2.97. The number of benzene rings is 1. The van der Waals surface area contributed by atoms with E-state index in [1.165, 1.54) is 6.08 Å². The minimum atomic E-state index is -0.487. The maximum Gasteiger partial charge on any atom is 0.330 e. The number of aromatic nitrogens is 2. The largest absolute Gasteiger partial charge is 0.493 e. The molecule has 0 saturated heterocycles. The van der Waals surface area contributed by atoms with Gasteiger partial charge in [0.2, 0.25) is 0 Å². The molecule has 3 aromatic rings. The summed E-state index contributed by atoms with van der Waals surface area (Å²) in [5, 5.41) is 5.69. The van der Waals surface area contributed by atoms with E-state index in [2.05, 4.69) is 5.16 Å². The maximum absolute atomic E-state index is 12.0. The molecular formula is C22H24N2O6S. The van der Waals surface area contributed by atoms with Crippen molar-refractivity contribution in [1.29, 1.82) is 0 Å². The minimum absolute atomic E-state index is 0.0622. The van der Waals surface area contributed by atoms with Gasteiger partial charge >= 0.3 is 10.8 Å². The fourth-order valence-electron chi connectivity index (χ4n) is 2.89. The molecule has 2 heterocycles. The predicted octanol–water partition coefficient (Wildman–Crippen LogP) is 3.67. The topological polar surface area (TPSA) is 92.8 Å². The Balaban J connectivity index is 1.56. The van der Waals surface area contributed by atoms with E-state index in [4.69, 9.17) is 18.7 Å². The molecule has 0 amide bonds. The average molecular weight is 445 g/mol. The molecule has 9 heteroatoms. The summed E-state index contributed by atoms with van der Waals surface area (Å²) in [6, 6.07) is 5.34. The van der Waals surface area contributed by atoms with Crippen LogP contribution in [0, 0.1) is 20.8 Å². The Kier molecular flexibility index (Phi) is 7.30. The van der Waals surface area contributed by atoms with Gasteiger partial charge in [0, 0.05) is 17.2 Å². The second-order valence-electron chi connectivity index (χ2n) is 6.80. The highest BCUT2D eigenvalue weighted by molar-refractivity contribution is 7.07. The van der Waals surface area contributed by atoms with Crippen LogP contribution in [0.1, 0.15) is 28.3 Å². The van der Waals surface area contributed by atoms with E-state index < -0.39 is 5.97 Å². The van der Waals surface area contributed by atoms with Gasteiger partial charge < -0.3 is 18.7 Å². The maximum atomic E-state index is 12.0. The van der Waals surface area contributed by atoms with Gasteiger partial charge in [-0.25, -0.2) is 4.79 Å². The summed E-state index contributed by atoms with van der Waals surface area (Å²) in [5.41, 5.74) is 3.29. The number of ether oxygens (including phenoxy) is 3. The van der Waals surface area contributed by atoms with Gasteiger partial charge in [-0.1, -0.05) is 22.6 Å². The first-order valence-electron chi connectivity index (χ1n) is 9.61. The van der Waals surface area contributed by atoms with Crippen LogP contribution in [0.25, 0.3) is 6.08 Å². The van der Waals surface area contributed by atoms with Gasteiger partial charge in [0.15, 0.2) is 11.5 Å². The molecule has 0 bridgehead atoms. The monoisotopic (exact) mass is 444 g/mol. The van der Waals surface area contributed by atoms with Crippen LogP contribution in [0.4, 0.5) is 0 Å². The third-order valence-electron chi connectivity index (χ3n) is 4.69. The zero-order valence-corrected chi connectivity index (χ0v) is 18.7. The molecule has 0 unspecified atom stereocenters. The van der Waals surface area contributed by atoms with Gasteiger partial charge in [0.25, 0.3) is 0 Å². The number of rotatable bonds is 9. The summed E-state index contributed by atoms with van der Waals surface area (Å²) in [5.74, 6) is 1.33. The van der Waals surface area contributed by atoms with Crippen molar-refractivity contribution < 1.29 is 23.5 Å². The fraction of sp³-hybridized carbons (Fsp3) is 0.318. The molecule has 164 valence electrons. The highest BCUT2D eigenvalue weighted by Crippen LogP contribution is 2.30. The Morgan fingerprint density at radius 2 is 2.06 bits per heavy atom. The van der Waals surface area contributed by atoms with Crippen molar-refractivity contribution in [3.63, 3.8) is 0 Å². The van der Waals surface area contributed by atoms with Crippen molar-refractivity contribution in [2.24, 2.45) is 0 Å². The third-order valence-corrected chi connectivity index (χ3v) is 5.57. The number of methoxy groups -OCH3 is 1. The number of hydrogen-bond acceptors (Lipinski definition) is 8. The molecule has 3 rings (SSSR count). The van der Waals surface area contributed by atoms with Gasteiger partial charge in [-0.3, -0.25) is 9.36 Å². The molecule has 0 saturated carbocycles. The van der Waals surface area contributed by atoms with Crippen LogP contribution in [0.15, 0.2) is 39.0 Å². The molecule has 0 aliphatic heterocycles. The minimum Gasteiger partial charge on any atom is -0.493 e. The Morgan fingerprint density at radius 1 is 1.26 bits per heavy atom. The molecule has 0 aliphatic rings. The fourth-order valence-corrected chi connectivity index (χ4v) is 3.65. The Hall–Kier alpha value is -3.33. The molecule has 8 nitrogen and oxygen atoms in total. The highest BCUT2D eigenvalue weighted by atomic mass is 32.1. The summed E-state index contributed by atoms with van der Waals surface area (Å²) in [4.78, 5) is 23.6. The van der Waals surface area contributed by atoms with E-state index in [1.54, 1.807) is 35.3 Å². The molecule has 0 fully saturated rings. The van der Waals surface area contributed by atoms with E-state index in [-0.39, 0.29) is 11.5 Å². The first-order valence-corrected chi connectivity index (χ1v) is 10.5. The SMILES string of the molecule is COc1cc(/C=C/C(=O)OCCn2c(C)csc2=O)ccc1OCc1c(C)noc1C. The van der Waals surface area contributed by atoms with Crippen LogP contribution < -0.4 is 14.3 Å². The first-order chi connectivity index (χ1) is 14.9. The Bertz CT molecular complexity index is 1120. The zero-order valence-electron chi connectivity index (χ0n) is 17.8. The second-order valence-corrected chi connectivity index (χ2v) is 7.62. The van der Waals surface area contributed by atoms with Gasteiger partial charge in [-0.05, 0) is 44.5 Å². The normalized spacial score (nSPS) is 11.1. The van der Waals surface area contributed by atoms with Crippen molar-refractivity contribution in [2.75, 3.05) is 13.7 Å².